The van der Waals surface area contributed by atoms with Gasteiger partial charge in [0.1, 0.15) is 11.5 Å². The fourth-order valence-electron chi connectivity index (χ4n) is 4.69. The van der Waals surface area contributed by atoms with E-state index in [2.05, 4.69) is 19.7 Å². The topological polar surface area (TPSA) is 118 Å². The van der Waals surface area contributed by atoms with Crippen molar-refractivity contribution < 1.29 is 43.2 Å². The number of ether oxygens (including phenoxy) is 5. The molecule has 9 nitrogen and oxygen atoms in total. The molecule has 49 heavy (non-hydrogen) atoms. The van der Waals surface area contributed by atoms with Crippen molar-refractivity contribution in [2.24, 2.45) is 0 Å². The minimum Gasteiger partial charge on any atom is -0.462 e. The zero-order valence-corrected chi connectivity index (χ0v) is 27.5. The van der Waals surface area contributed by atoms with Crippen LogP contribution in [0.25, 0.3) is 33.4 Å². The second-order valence-corrected chi connectivity index (χ2v) is 11.0. The number of benzene rings is 4. The van der Waals surface area contributed by atoms with Crippen molar-refractivity contribution in [1.82, 2.24) is 0 Å². The fourth-order valence-corrected chi connectivity index (χ4v) is 4.69. The third-order valence-electron chi connectivity index (χ3n) is 7.38. The number of hydrogen-bond acceptors (Lipinski definition) is 9. The Balaban J connectivity index is 1.55. The molecule has 0 radical (unpaired) electrons. The molecule has 4 aromatic carbocycles. The first-order chi connectivity index (χ1) is 23.6. The van der Waals surface area contributed by atoms with E-state index in [0.29, 0.717) is 23.5 Å². The molecule has 0 atom stereocenters. The van der Waals surface area contributed by atoms with Crippen LogP contribution in [-0.4, -0.2) is 63.7 Å². The Kier molecular flexibility index (Phi) is 13.0. The Morgan fingerprint density at radius 3 is 1.67 bits per heavy atom. The van der Waals surface area contributed by atoms with Crippen molar-refractivity contribution in [1.29, 1.82) is 0 Å². The van der Waals surface area contributed by atoms with Crippen molar-refractivity contribution in [2.45, 2.75) is 6.42 Å². The molecule has 0 aliphatic rings. The van der Waals surface area contributed by atoms with Crippen molar-refractivity contribution in [3.05, 3.63) is 133 Å². The average Bonchev–Trinajstić information content (AvgIpc) is 3.12. The monoisotopic (exact) mass is 662 g/mol. The summed E-state index contributed by atoms with van der Waals surface area (Å²) in [5.41, 5.74) is 6.56. The molecular weight excluding hydrogens is 624 g/mol. The van der Waals surface area contributed by atoms with Gasteiger partial charge in [-0.05, 0) is 57.6 Å². The highest BCUT2D eigenvalue weighted by Gasteiger charge is 2.16. The number of aliphatic hydroxyl groups excluding tert-OH is 1. The number of carbonyl (C=O) groups is 3. The predicted octanol–water partition coefficient (Wildman–Crippen LogP) is 6.54. The van der Waals surface area contributed by atoms with Gasteiger partial charge in [0.2, 0.25) is 0 Å². The van der Waals surface area contributed by atoms with Crippen molar-refractivity contribution in [3.8, 4) is 44.9 Å². The van der Waals surface area contributed by atoms with E-state index < -0.39 is 24.5 Å². The van der Waals surface area contributed by atoms with Gasteiger partial charge >= 0.3 is 17.9 Å². The van der Waals surface area contributed by atoms with Crippen LogP contribution >= 0.6 is 0 Å². The number of aliphatic hydroxyl groups is 1. The van der Waals surface area contributed by atoms with Crippen molar-refractivity contribution >= 4 is 17.9 Å². The summed E-state index contributed by atoms with van der Waals surface area (Å²) in [6, 6.07) is 28.2. The lowest BCUT2D eigenvalue weighted by molar-refractivity contribution is -0.139. The molecule has 0 spiro atoms. The molecule has 0 aromatic heterocycles. The van der Waals surface area contributed by atoms with Crippen LogP contribution in [0.2, 0.25) is 0 Å². The van der Waals surface area contributed by atoms with Crippen molar-refractivity contribution in [3.63, 3.8) is 0 Å². The van der Waals surface area contributed by atoms with Gasteiger partial charge in [-0.3, -0.25) is 0 Å². The fraction of sp³-hybridized carbons (Fsp3) is 0.175. The van der Waals surface area contributed by atoms with E-state index in [-0.39, 0.29) is 36.5 Å². The first kappa shape index (κ1) is 36.2. The number of esters is 3. The van der Waals surface area contributed by atoms with Gasteiger partial charge < -0.3 is 28.8 Å². The van der Waals surface area contributed by atoms with Crippen LogP contribution in [0.4, 0.5) is 0 Å². The maximum Gasteiger partial charge on any atom is 0.341 e. The van der Waals surface area contributed by atoms with Crippen LogP contribution in [0.15, 0.2) is 127 Å². The Hall–Kier alpha value is -5.61. The molecule has 0 amide bonds. The normalized spacial score (nSPS) is 10.6. The molecule has 1 N–H and O–H groups in total. The van der Waals surface area contributed by atoms with Gasteiger partial charge in [0.25, 0.3) is 0 Å². The quantitative estimate of drug-likeness (QED) is 0.0811. The van der Waals surface area contributed by atoms with Crippen LogP contribution in [0.3, 0.4) is 0 Å². The van der Waals surface area contributed by atoms with Crippen LogP contribution in [-0.2, 0) is 35.0 Å². The molecule has 0 saturated carbocycles. The Labute approximate surface area is 285 Å². The van der Waals surface area contributed by atoms with Gasteiger partial charge in [-0.1, -0.05) is 86.5 Å². The second-order valence-electron chi connectivity index (χ2n) is 11.0. The average molecular weight is 663 g/mol. The largest absolute Gasteiger partial charge is 0.462 e. The summed E-state index contributed by atoms with van der Waals surface area (Å²) in [5, 5.41) is 9.12. The molecule has 0 bridgehead atoms. The molecule has 0 unspecified atom stereocenters. The Bertz CT molecular complexity index is 1820. The number of hydrogen-bond donors (Lipinski definition) is 1. The van der Waals surface area contributed by atoms with Crippen LogP contribution in [0.5, 0.6) is 11.5 Å². The third-order valence-corrected chi connectivity index (χ3v) is 7.38. The molecule has 4 rings (SSSR count). The number of carbonyl (C=O) groups excluding carboxylic acids is 3. The van der Waals surface area contributed by atoms with E-state index in [4.69, 9.17) is 28.8 Å². The highest BCUT2D eigenvalue weighted by Crippen LogP contribution is 2.36. The summed E-state index contributed by atoms with van der Waals surface area (Å²) in [6.45, 7) is 10.8. The molecule has 4 aromatic rings. The number of rotatable bonds is 16. The van der Waals surface area contributed by atoms with Crippen molar-refractivity contribution in [2.75, 3.05) is 40.6 Å². The molecule has 0 heterocycles. The lowest BCUT2D eigenvalue weighted by Crippen LogP contribution is -2.14. The summed E-state index contributed by atoms with van der Waals surface area (Å²) >= 11 is 0. The van der Waals surface area contributed by atoms with E-state index in [0.717, 1.165) is 33.4 Å². The van der Waals surface area contributed by atoms with Gasteiger partial charge in [0.05, 0.1) is 43.1 Å². The smallest absolute Gasteiger partial charge is 0.341 e. The number of methoxy groups -OCH3 is 2. The Morgan fingerprint density at radius 2 is 1.08 bits per heavy atom. The van der Waals surface area contributed by atoms with E-state index in [9.17, 15) is 14.4 Å². The third kappa shape index (κ3) is 9.94. The molecule has 0 aliphatic carbocycles. The first-order valence-electron chi connectivity index (χ1n) is 15.3. The molecule has 0 aliphatic heterocycles. The molecule has 252 valence electrons. The van der Waals surface area contributed by atoms with Crippen LogP contribution in [0.1, 0.15) is 5.56 Å². The van der Waals surface area contributed by atoms with Gasteiger partial charge in [-0.25, -0.2) is 14.4 Å². The molecular formula is C40H38O9. The van der Waals surface area contributed by atoms with Gasteiger partial charge in [0.15, 0.2) is 0 Å². The van der Waals surface area contributed by atoms with Gasteiger partial charge in [0, 0.05) is 26.2 Å². The maximum atomic E-state index is 12.8. The maximum absolute atomic E-state index is 12.8. The predicted molar refractivity (Wildman–Crippen MR) is 187 cm³/mol. The summed E-state index contributed by atoms with van der Waals surface area (Å²) < 4.78 is 26.2. The van der Waals surface area contributed by atoms with Crippen LogP contribution in [0, 0.1) is 0 Å². The minimum absolute atomic E-state index is 0.0393. The lowest BCUT2D eigenvalue weighted by atomic mass is 9.96. The highest BCUT2D eigenvalue weighted by molar-refractivity contribution is 5.92. The highest BCUT2D eigenvalue weighted by atomic mass is 16.5. The summed E-state index contributed by atoms with van der Waals surface area (Å²) in [7, 11) is 2.97. The summed E-state index contributed by atoms with van der Waals surface area (Å²) in [4.78, 5) is 36.7. The van der Waals surface area contributed by atoms with E-state index in [1.54, 1.807) is 30.3 Å². The van der Waals surface area contributed by atoms with E-state index in [1.807, 2.05) is 60.7 Å². The second kappa shape index (κ2) is 17.5. The van der Waals surface area contributed by atoms with Crippen LogP contribution < -0.4 is 9.47 Å². The molecule has 9 heteroatoms. The molecule has 0 saturated heterocycles. The zero-order valence-electron chi connectivity index (χ0n) is 27.5. The summed E-state index contributed by atoms with van der Waals surface area (Å²) in [5.74, 6) is -1.12. The minimum atomic E-state index is -0.707. The molecule has 0 fully saturated rings. The first-order valence-corrected chi connectivity index (χ1v) is 15.3. The zero-order chi connectivity index (χ0) is 35.3. The Morgan fingerprint density at radius 1 is 0.592 bits per heavy atom. The van der Waals surface area contributed by atoms with E-state index in [1.165, 1.54) is 14.2 Å². The van der Waals surface area contributed by atoms with Gasteiger partial charge in [-0.15, -0.1) is 0 Å². The van der Waals surface area contributed by atoms with Gasteiger partial charge in [-0.2, -0.15) is 0 Å². The van der Waals surface area contributed by atoms with E-state index >= 15 is 0 Å². The lowest BCUT2D eigenvalue weighted by Gasteiger charge is -2.14. The summed E-state index contributed by atoms with van der Waals surface area (Å²) in [6.07, 6.45) is 0.563. The SMILES string of the molecule is C=C(COC)C(=O)OCCc1ccc(-c2ccc(-c3cc(-c4ccc(OC(=O)C(=C)CO)cc4)ccc3OC(=O)C(=C)COC)cc2)cc1. The standard InChI is InChI=1S/C40H38O9/c1-26(23-41)39(43)48-35-17-14-32(15-18-35)34-16-19-37(49-40(44)28(3)25-46-5)36(22-34)33-12-10-31(11-13-33)30-8-6-29(7-9-30)20-21-47-38(42)27(2)24-45-4/h6-19,22,41H,1-3,20-21,23-25H2,4-5H3.